The van der Waals surface area contributed by atoms with E-state index in [2.05, 4.69) is 15.6 Å². The fourth-order valence-electron chi connectivity index (χ4n) is 1.71. The van der Waals surface area contributed by atoms with E-state index in [1.807, 2.05) is 0 Å². The van der Waals surface area contributed by atoms with Crippen LogP contribution in [0.3, 0.4) is 0 Å². The van der Waals surface area contributed by atoms with Gasteiger partial charge in [-0.05, 0) is 43.7 Å². The van der Waals surface area contributed by atoms with Gasteiger partial charge in [0.05, 0.1) is 16.4 Å². The zero-order chi connectivity index (χ0) is 14.7. The van der Waals surface area contributed by atoms with E-state index in [-0.39, 0.29) is 5.75 Å². The van der Waals surface area contributed by atoms with Crippen LogP contribution in [-0.2, 0) is 0 Å². The summed E-state index contributed by atoms with van der Waals surface area (Å²) < 4.78 is 0. The topological polar surface area (TPSA) is 74.2 Å². The van der Waals surface area contributed by atoms with Crippen molar-refractivity contribution in [2.75, 3.05) is 10.6 Å². The van der Waals surface area contributed by atoms with Crippen LogP contribution in [-0.4, -0.2) is 16.1 Å². The molecule has 1 aromatic heterocycles. The molecule has 2 amide bonds. The van der Waals surface area contributed by atoms with Crippen LogP contribution < -0.4 is 10.6 Å². The quantitative estimate of drug-likeness (QED) is 0.739. The third kappa shape index (κ3) is 3.19. The molecule has 0 fully saturated rings. The Labute approximate surface area is 121 Å². The molecule has 1 heterocycles. The number of benzene rings is 1. The van der Waals surface area contributed by atoms with E-state index in [0.717, 1.165) is 5.56 Å². The van der Waals surface area contributed by atoms with Crippen LogP contribution in [0.25, 0.3) is 0 Å². The molecule has 20 heavy (non-hydrogen) atoms. The minimum absolute atomic E-state index is 0.154. The van der Waals surface area contributed by atoms with Crippen LogP contribution in [0.2, 0.25) is 5.02 Å². The van der Waals surface area contributed by atoms with Crippen molar-refractivity contribution in [2.45, 2.75) is 13.8 Å². The first kappa shape index (κ1) is 14.1. The molecule has 6 heteroatoms. The fourth-order valence-corrected chi connectivity index (χ4v) is 1.87. The maximum absolute atomic E-state index is 11.9. The highest BCUT2D eigenvalue weighted by molar-refractivity contribution is 6.34. The predicted molar refractivity (Wildman–Crippen MR) is 79.5 cm³/mol. The summed E-state index contributed by atoms with van der Waals surface area (Å²) >= 11 is 6.05. The Hall–Kier alpha value is -2.27. The number of hydrogen-bond acceptors (Lipinski definition) is 3. The number of anilines is 2. The SMILES string of the molecule is Cc1cc(O)ccc1NC(=O)Nc1ccnc(C)c1Cl. The standard InChI is InChI=1S/C14H14ClN3O2/c1-8-7-10(19)3-4-11(8)17-14(20)18-12-5-6-16-9(2)13(12)15/h3-7,19H,1-2H3,(H2,16,17,18,20). The maximum atomic E-state index is 11.9. The summed E-state index contributed by atoms with van der Waals surface area (Å²) in [6, 6.07) is 5.92. The minimum atomic E-state index is -0.411. The number of pyridine rings is 1. The van der Waals surface area contributed by atoms with Crippen molar-refractivity contribution in [1.29, 1.82) is 0 Å². The number of aromatic hydroxyl groups is 1. The Morgan fingerprint density at radius 1 is 1.20 bits per heavy atom. The number of nitrogens with one attached hydrogen (secondary N) is 2. The molecule has 0 aliphatic heterocycles. The van der Waals surface area contributed by atoms with E-state index < -0.39 is 6.03 Å². The van der Waals surface area contributed by atoms with Crippen LogP contribution in [0.5, 0.6) is 5.75 Å². The summed E-state index contributed by atoms with van der Waals surface area (Å²) in [5.41, 5.74) is 2.51. The van der Waals surface area contributed by atoms with Gasteiger partial charge in [-0.25, -0.2) is 4.79 Å². The predicted octanol–water partition coefficient (Wildman–Crippen LogP) is 3.70. The fraction of sp³-hybridized carbons (Fsp3) is 0.143. The smallest absolute Gasteiger partial charge is 0.323 e. The number of halogens is 1. The largest absolute Gasteiger partial charge is 0.508 e. The Balaban J connectivity index is 2.11. The molecule has 2 rings (SSSR count). The third-order valence-electron chi connectivity index (χ3n) is 2.77. The highest BCUT2D eigenvalue weighted by atomic mass is 35.5. The lowest BCUT2D eigenvalue weighted by Crippen LogP contribution is -2.20. The summed E-state index contributed by atoms with van der Waals surface area (Å²) in [6.45, 7) is 3.55. The number of carbonyl (C=O) groups excluding carboxylic acids is 1. The van der Waals surface area contributed by atoms with E-state index in [9.17, 15) is 9.90 Å². The van der Waals surface area contributed by atoms with Gasteiger partial charge in [0, 0.05) is 11.9 Å². The third-order valence-corrected chi connectivity index (χ3v) is 3.25. The molecule has 0 saturated heterocycles. The van der Waals surface area contributed by atoms with Gasteiger partial charge in [0.2, 0.25) is 0 Å². The molecular weight excluding hydrogens is 278 g/mol. The maximum Gasteiger partial charge on any atom is 0.323 e. The molecule has 0 spiro atoms. The molecular formula is C14H14ClN3O2. The van der Waals surface area contributed by atoms with Gasteiger partial charge in [-0.15, -0.1) is 0 Å². The van der Waals surface area contributed by atoms with E-state index in [1.54, 1.807) is 38.2 Å². The molecule has 0 atom stereocenters. The van der Waals surface area contributed by atoms with Gasteiger partial charge in [0.25, 0.3) is 0 Å². The number of nitrogens with zero attached hydrogens (tertiary/aromatic N) is 1. The van der Waals surface area contributed by atoms with Crippen LogP contribution in [0, 0.1) is 13.8 Å². The van der Waals surface area contributed by atoms with Crippen molar-refractivity contribution in [2.24, 2.45) is 0 Å². The number of carbonyl (C=O) groups is 1. The van der Waals surface area contributed by atoms with Gasteiger partial charge in [-0.2, -0.15) is 0 Å². The number of aryl methyl sites for hydroxylation is 2. The Morgan fingerprint density at radius 2 is 1.90 bits per heavy atom. The molecule has 0 aliphatic carbocycles. The highest BCUT2D eigenvalue weighted by Crippen LogP contribution is 2.24. The lowest BCUT2D eigenvalue weighted by Gasteiger charge is -2.11. The second kappa shape index (κ2) is 5.79. The average molecular weight is 292 g/mol. The monoisotopic (exact) mass is 291 g/mol. The van der Waals surface area contributed by atoms with Crippen LogP contribution in [0.15, 0.2) is 30.5 Å². The number of phenolic OH excluding ortho intramolecular Hbond substituents is 1. The molecule has 5 nitrogen and oxygen atoms in total. The van der Waals surface area contributed by atoms with Crippen LogP contribution in [0.4, 0.5) is 16.2 Å². The van der Waals surface area contributed by atoms with Crippen molar-refractivity contribution in [3.8, 4) is 5.75 Å². The summed E-state index contributed by atoms with van der Waals surface area (Å²) in [7, 11) is 0. The molecule has 0 radical (unpaired) electrons. The zero-order valence-corrected chi connectivity index (χ0v) is 11.8. The Morgan fingerprint density at radius 3 is 2.60 bits per heavy atom. The second-order valence-electron chi connectivity index (χ2n) is 4.34. The van der Waals surface area contributed by atoms with Gasteiger partial charge < -0.3 is 15.7 Å². The van der Waals surface area contributed by atoms with E-state index in [0.29, 0.717) is 22.1 Å². The molecule has 2 aromatic rings. The first-order chi connectivity index (χ1) is 9.47. The van der Waals surface area contributed by atoms with Crippen LogP contribution >= 0.6 is 11.6 Å². The zero-order valence-electron chi connectivity index (χ0n) is 11.1. The summed E-state index contributed by atoms with van der Waals surface area (Å²) in [5, 5.41) is 15.1. The number of phenols is 1. The normalized spacial score (nSPS) is 10.2. The lowest BCUT2D eigenvalue weighted by molar-refractivity contribution is 0.262. The highest BCUT2D eigenvalue weighted by Gasteiger charge is 2.09. The molecule has 0 saturated carbocycles. The first-order valence-corrected chi connectivity index (χ1v) is 6.34. The molecule has 0 bridgehead atoms. The molecule has 0 unspecified atom stereocenters. The summed E-state index contributed by atoms with van der Waals surface area (Å²) in [6.07, 6.45) is 1.57. The Bertz CT molecular complexity index is 659. The van der Waals surface area contributed by atoms with Crippen molar-refractivity contribution >= 4 is 29.0 Å². The van der Waals surface area contributed by atoms with Crippen molar-refractivity contribution < 1.29 is 9.90 Å². The average Bonchev–Trinajstić information content (AvgIpc) is 2.38. The van der Waals surface area contributed by atoms with Gasteiger partial charge in [0.15, 0.2) is 0 Å². The van der Waals surface area contributed by atoms with Crippen molar-refractivity contribution in [3.05, 3.63) is 46.7 Å². The molecule has 0 aliphatic rings. The van der Waals surface area contributed by atoms with Gasteiger partial charge in [-0.1, -0.05) is 11.6 Å². The number of urea groups is 1. The number of hydrogen-bond donors (Lipinski definition) is 3. The molecule has 3 N–H and O–H groups in total. The van der Waals surface area contributed by atoms with Crippen molar-refractivity contribution in [1.82, 2.24) is 4.98 Å². The van der Waals surface area contributed by atoms with Gasteiger partial charge >= 0.3 is 6.03 Å². The minimum Gasteiger partial charge on any atom is -0.508 e. The van der Waals surface area contributed by atoms with E-state index in [4.69, 9.17) is 11.6 Å². The summed E-state index contributed by atoms with van der Waals surface area (Å²) in [5.74, 6) is 0.154. The number of aromatic nitrogens is 1. The van der Waals surface area contributed by atoms with E-state index in [1.165, 1.54) is 6.07 Å². The lowest BCUT2D eigenvalue weighted by atomic mass is 10.2. The van der Waals surface area contributed by atoms with Gasteiger partial charge in [0.1, 0.15) is 5.75 Å². The van der Waals surface area contributed by atoms with Crippen molar-refractivity contribution in [3.63, 3.8) is 0 Å². The molecule has 1 aromatic carbocycles. The molecule has 104 valence electrons. The second-order valence-corrected chi connectivity index (χ2v) is 4.71. The van der Waals surface area contributed by atoms with Crippen LogP contribution in [0.1, 0.15) is 11.3 Å². The number of rotatable bonds is 2. The Kier molecular flexibility index (Phi) is 4.10. The number of amides is 2. The van der Waals surface area contributed by atoms with E-state index >= 15 is 0 Å². The first-order valence-electron chi connectivity index (χ1n) is 5.96. The summed E-state index contributed by atoms with van der Waals surface area (Å²) in [4.78, 5) is 15.9. The van der Waals surface area contributed by atoms with Gasteiger partial charge in [-0.3, -0.25) is 4.98 Å².